The van der Waals surface area contributed by atoms with E-state index in [1.165, 1.54) is 11.3 Å². The van der Waals surface area contributed by atoms with Gasteiger partial charge in [-0.3, -0.25) is 19.2 Å². The molecule has 2 N–H and O–H groups in total. The van der Waals surface area contributed by atoms with Gasteiger partial charge in [0.25, 0.3) is 0 Å². The van der Waals surface area contributed by atoms with E-state index in [1.54, 1.807) is 11.1 Å². The SMILES string of the molecule is O=C(O)CNC(=O)C1C(=O)N(Cc2cnc(-c3ccccc3)s2)CC2(CCC2)C1=O. The lowest BCUT2D eigenvalue weighted by Crippen LogP contribution is -2.62. The van der Waals surface area contributed by atoms with Gasteiger partial charge in [-0.25, -0.2) is 4.98 Å². The third-order valence-electron chi connectivity index (χ3n) is 5.74. The number of carbonyl (C=O) groups is 4. The van der Waals surface area contributed by atoms with Crippen molar-refractivity contribution in [3.8, 4) is 10.6 Å². The first-order chi connectivity index (χ1) is 14.4. The Hall–Kier alpha value is -3.07. The van der Waals surface area contributed by atoms with Gasteiger partial charge in [0.1, 0.15) is 11.6 Å². The fraction of sp³-hybridized carbons (Fsp3) is 0.381. The van der Waals surface area contributed by atoms with E-state index in [2.05, 4.69) is 10.3 Å². The molecule has 4 rings (SSSR count). The minimum absolute atomic E-state index is 0.265. The van der Waals surface area contributed by atoms with Crippen LogP contribution in [0, 0.1) is 11.3 Å². The van der Waals surface area contributed by atoms with Crippen molar-refractivity contribution < 1.29 is 24.3 Å². The second-order valence-electron chi connectivity index (χ2n) is 7.73. The fourth-order valence-electron chi connectivity index (χ4n) is 4.04. The van der Waals surface area contributed by atoms with E-state index in [0.717, 1.165) is 21.9 Å². The molecule has 1 atom stereocenters. The number of thiazole rings is 1. The number of rotatable bonds is 6. The Labute approximate surface area is 176 Å². The lowest BCUT2D eigenvalue weighted by Gasteiger charge is -2.49. The molecular formula is C21H21N3O5S. The van der Waals surface area contributed by atoms with Crippen LogP contribution < -0.4 is 5.32 Å². The van der Waals surface area contributed by atoms with Crippen molar-refractivity contribution in [2.45, 2.75) is 25.8 Å². The Morgan fingerprint density at radius 3 is 2.60 bits per heavy atom. The largest absolute Gasteiger partial charge is 0.480 e. The Morgan fingerprint density at radius 2 is 1.97 bits per heavy atom. The lowest BCUT2D eigenvalue weighted by atomic mass is 9.61. The number of aromatic nitrogens is 1. The summed E-state index contributed by atoms with van der Waals surface area (Å²) in [7, 11) is 0. The number of hydrogen-bond acceptors (Lipinski definition) is 6. The molecule has 2 aliphatic rings. The first kappa shape index (κ1) is 20.2. The van der Waals surface area contributed by atoms with Crippen LogP contribution in [0.4, 0.5) is 0 Å². The molecule has 2 aromatic rings. The highest BCUT2D eigenvalue weighted by Crippen LogP contribution is 2.47. The number of nitrogens with one attached hydrogen (secondary N) is 1. The van der Waals surface area contributed by atoms with Gasteiger partial charge in [-0.2, -0.15) is 0 Å². The van der Waals surface area contributed by atoms with Crippen molar-refractivity contribution in [1.82, 2.24) is 15.2 Å². The van der Waals surface area contributed by atoms with Gasteiger partial charge in [-0.15, -0.1) is 11.3 Å². The van der Waals surface area contributed by atoms with Crippen LogP contribution >= 0.6 is 11.3 Å². The molecule has 0 radical (unpaired) electrons. The Morgan fingerprint density at radius 1 is 1.23 bits per heavy atom. The second kappa shape index (κ2) is 7.98. The van der Waals surface area contributed by atoms with Gasteiger partial charge in [0.2, 0.25) is 11.8 Å². The third-order valence-corrected chi connectivity index (χ3v) is 6.78. The van der Waals surface area contributed by atoms with E-state index in [9.17, 15) is 19.2 Å². The van der Waals surface area contributed by atoms with E-state index in [-0.39, 0.29) is 18.9 Å². The van der Waals surface area contributed by atoms with Gasteiger partial charge >= 0.3 is 5.97 Å². The smallest absolute Gasteiger partial charge is 0.322 e. The quantitative estimate of drug-likeness (QED) is 0.678. The van der Waals surface area contributed by atoms with Crippen molar-refractivity contribution in [2.75, 3.05) is 13.1 Å². The molecule has 30 heavy (non-hydrogen) atoms. The van der Waals surface area contributed by atoms with Crippen LogP contribution in [0.1, 0.15) is 24.1 Å². The molecule has 1 saturated carbocycles. The maximum absolute atomic E-state index is 13.0. The molecule has 0 bridgehead atoms. The van der Waals surface area contributed by atoms with Gasteiger partial charge in [-0.1, -0.05) is 36.8 Å². The minimum Gasteiger partial charge on any atom is -0.480 e. The van der Waals surface area contributed by atoms with Crippen LogP contribution in [0.2, 0.25) is 0 Å². The van der Waals surface area contributed by atoms with Crippen molar-refractivity contribution in [3.63, 3.8) is 0 Å². The molecule has 1 aliphatic heterocycles. The van der Waals surface area contributed by atoms with Crippen LogP contribution in [0.5, 0.6) is 0 Å². The predicted molar refractivity (Wildman–Crippen MR) is 108 cm³/mol. The minimum atomic E-state index is -1.49. The summed E-state index contributed by atoms with van der Waals surface area (Å²) in [6.45, 7) is -0.0782. The van der Waals surface area contributed by atoms with Gasteiger partial charge in [0, 0.05) is 28.6 Å². The molecule has 2 fully saturated rings. The van der Waals surface area contributed by atoms with E-state index in [1.807, 2.05) is 30.3 Å². The number of carboxylic acid groups (broad SMARTS) is 1. The zero-order chi connectivity index (χ0) is 21.3. The third kappa shape index (κ3) is 3.72. The molecular weight excluding hydrogens is 406 g/mol. The van der Waals surface area contributed by atoms with Crippen LogP contribution in [-0.2, 0) is 25.7 Å². The molecule has 1 aromatic heterocycles. The summed E-state index contributed by atoms with van der Waals surface area (Å²) >= 11 is 1.46. The number of piperidine rings is 1. The molecule has 1 aromatic carbocycles. The highest BCUT2D eigenvalue weighted by Gasteiger charge is 2.56. The molecule has 1 unspecified atom stereocenters. The molecule has 156 valence electrons. The summed E-state index contributed by atoms with van der Waals surface area (Å²) in [4.78, 5) is 56.1. The molecule has 2 heterocycles. The van der Waals surface area contributed by atoms with Gasteiger partial charge in [0.05, 0.1) is 6.54 Å². The average Bonchev–Trinajstić information content (AvgIpc) is 3.16. The van der Waals surface area contributed by atoms with E-state index >= 15 is 0 Å². The summed E-state index contributed by atoms with van der Waals surface area (Å²) < 4.78 is 0. The monoisotopic (exact) mass is 427 g/mol. The number of likely N-dealkylation sites (tertiary alicyclic amines) is 1. The van der Waals surface area contributed by atoms with Crippen LogP contribution in [0.15, 0.2) is 36.5 Å². The summed E-state index contributed by atoms with van der Waals surface area (Å²) in [5, 5.41) is 11.8. The maximum Gasteiger partial charge on any atom is 0.322 e. The Balaban J connectivity index is 1.55. The average molecular weight is 427 g/mol. The number of nitrogens with zero attached hydrogens (tertiary/aromatic N) is 2. The second-order valence-corrected chi connectivity index (χ2v) is 8.85. The van der Waals surface area contributed by atoms with Gasteiger partial charge < -0.3 is 15.3 Å². The fourth-order valence-corrected chi connectivity index (χ4v) is 4.98. The highest BCUT2D eigenvalue weighted by molar-refractivity contribution is 7.15. The summed E-state index contributed by atoms with van der Waals surface area (Å²) in [6.07, 6.45) is 3.85. The summed E-state index contributed by atoms with van der Waals surface area (Å²) in [6, 6.07) is 9.70. The van der Waals surface area contributed by atoms with Gasteiger partial charge in [0.15, 0.2) is 11.7 Å². The Kier molecular flexibility index (Phi) is 5.38. The molecule has 8 nitrogen and oxygen atoms in total. The number of aliphatic carboxylic acids is 1. The zero-order valence-corrected chi connectivity index (χ0v) is 17.0. The van der Waals surface area contributed by atoms with Crippen molar-refractivity contribution in [3.05, 3.63) is 41.4 Å². The molecule has 1 spiro atoms. The molecule has 9 heteroatoms. The zero-order valence-electron chi connectivity index (χ0n) is 16.2. The standard InChI is InChI=1S/C21H21N3O5S/c25-15(26)10-22-18(28)16-17(27)21(7-4-8-21)12-24(20(16)29)11-14-9-23-19(30-14)13-5-2-1-3-6-13/h1-3,5-6,9,16H,4,7-8,10-12H2,(H,22,28)(H,25,26). The van der Waals surface area contributed by atoms with E-state index in [4.69, 9.17) is 5.11 Å². The van der Waals surface area contributed by atoms with Crippen molar-refractivity contribution >= 4 is 34.9 Å². The van der Waals surface area contributed by atoms with Crippen LogP contribution in [0.3, 0.4) is 0 Å². The number of carboxylic acids is 1. The van der Waals surface area contributed by atoms with Crippen LogP contribution in [-0.4, -0.2) is 51.6 Å². The summed E-state index contributed by atoms with van der Waals surface area (Å²) in [5.74, 6) is -4.51. The molecule has 1 saturated heterocycles. The van der Waals surface area contributed by atoms with Crippen LogP contribution in [0.25, 0.3) is 10.6 Å². The number of amides is 2. The Bertz CT molecular complexity index is 999. The number of hydrogen-bond donors (Lipinski definition) is 2. The maximum atomic E-state index is 13.0. The first-order valence-corrected chi connectivity index (χ1v) is 10.5. The molecule has 2 amide bonds. The predicted octanol–water partition coefficient (Wildman–Crippen LogP) is 1.71. The normalized spacial score (nSPS) is 20.1. The number of carbonyl (C=O) groups excluding carboxylic acids is 3. The first-order valence-electron chi connectivity index (χ1n) is 9.72. The summed E-state index contributed by atoms with van der Waals surface area (Å²) in [5.41, 5.74) is 0.279. The lowest BCUT2D eigenvalue weighted by molar-refractivity contribution is -0.164. The number of Topliss-reactive ketones (excluding diaryl/α,β-unsaturated/α-hetero) is 1. The molecule has 1 aliphatic carbocycles. The number of ketones is 1. The van der Waals surface area contributed by atoms with Crippen molar-refractivity contribution in [2.24, 2.45) is 11.3 Å². The topological polar surface area (TPSA) is 117 Å². The van der Waals surface area contributed by atoms with E-state index in [0.29, 0.717) is 12.8 Å². The van der Waals surface area contributed by atoms with Gasteiger partial charge in [-0.05, 0) is 12.8 Å². The van der Waals surface area contributed by atoms with E-state index < -0.39 is 35.7 Å². The number of benzene rings is 1. The van der Waals surface area contributed by atoms with Crippen molar-refractivity contribution in [1.29, 1.82) is 0 Å². The highest BCUT2D eigenvalue weighted by atomic mass is 32.1.